The number of hydrogen-bond acceptors (Lipinski definition) is 5. The Morgan fingerprint density at radius 1 is 1.15 bits per heavy atom. The van der Waals surface area contributed by atoms with Crippen LogP contribution in [-0.4, -0.2) is 35.8 Å². The highest BCUT2D eigenvalue weighted by molar-refractivity contribution is 6.20. The number of carbonyl (C=O) groups excluding carboxylic acids is 1. The zero-order chi connectivity index (χ0) is 23.9. The van der Waals surface area contributed by atoms with E-state index < -0.39 is 30.6 Å². The summed E-state index contributed by atoms with van der Waals surface area (Å²) in [4.78, 5) is 26.0. The maximum absolute atomic E-state index is 13.5. The molecule has 0 bridgehead atoms. The number of carbonyl (C=O) groups is 2. The van der Waals surface area contributed by atoms with Gasteiger partial charge in [-0.25, -0.2) is 0 Å². The van der Waals surface area contributed by atoms with E-state index in [0.29, 0.717) is 28.5 Å². The van der Waals surface area contributed by atoms with Gasteiger partial charge in [-0.1, -0.05) is 31.2 Å². The first-order valence-electron chi connectivity index (χ1n) is 10.2. The molecule has 0 aromatic heterocycles. The van der Waals surface area contributed by atoms with E-state index >= 15 is 0 Å². The second-order valence-electron chi connectivity index (χ2n) is 7.54. The van der Waals surface area contributed by atoms with E-state index in [4.69, 9.17) is 4.74 Å². The monoisotopic (exact) mass is 457 g/mol. The fourth-order valence-corrected chi connectivity index (χ4v) is 4.29. The van der Waals surface area contributed by atoms with Crippen LogP contribution in [0.3, 0.4) is 0 Å². The third-order valence-corrected chi connectivity index (χ3v) is 5.78. The predicted molar refractivity (Wildman–Crippen MR) is 116 cm³/mol. The van der Waals surface area contributed by atoms with Crippen LogP contribution in [0, 0.1) is 0 Å². The van der Waals surface area contributed by atoms with Crippen LogP contribution in [0.5, 0.6) is 11.5 Å². The fourth-order valence-electron chi connectivity index (χ4n) is 4.29. The molecule has 3 aromatic rings. The Labute approximate surface area is 187 Å². The lowest BCUT2D eigenvalue weighted by atomic mass is 9.96. The molecule has 3 aromatic carbocycles. The van der Waals surface area contributed by atoms with Gasteiger partial charge in [0.2, 0.25) is 0 Å². The molecule has 1 aliphatic heterocycles. The Morgan fingerprint density at radius 3 is 2.42 bits per heavy atom. The summed E-state index contributed by atoms with van der Waals surface area (Å²) in [6, 6.07) is 12.4. The van der Waals surface area contributed by atoms with E-state index in [1.807, 2.05) is 0 Å². The summed E-state index contributed by atoms with van der Waals surface area (Å²) in [7, 11) is 1.42. The summed E-state index contributed by atoms with van der Waals surface area (Å²) in [5.74, 6) is -2.27. The molecule has 0 saturated carbocycles. The average molecular weight is 457 g/mol. The maximum Gasteiger partial charge on any atom is 0.387 e. The molecule has 1 heterocycles. The summed E-state index contributed by atoms with van der Waals surface area (Å²) in [6.45, 7) is -1.41. The number of anilines is 1. The number of nitrogens with zero attached hydrogens (tertiary/aromatic N) is 1. The molecule has 0 saturated heterocycles. The molecule has 2 atom stereocenters. The number of methoxy groups -OCH3 is 1. The molecular formula is C24H21F2NO6. The molecular weight excluding hydrogens is 436 g/mol. The number of fused-ring (bicyclic) bond motifs is 3. The number of aliphatic hydroxyl groups excluding tert-OH is 1. The number of benzene rings is 3. The summed E-state index contributed by atoms with van der Waals surface area (Å²) in [5.41, 5.74) is 0.743. The summed E-state index contributed by atoms with van der Waals surface area (Å²) < 4.78 is 36.3. The van der Waals surface area contributed by atoms with E-state index in [1.54, 1.807) is 37.3 Å². The largest absolute Gasteiger partial charge is 0.496 e. The normalized spacial score (nSPS) is 16.2. The van der Waals surface area contributed by atoms with Crippen LogP contribution in [0.1, 0.15) is 47.0 Å². The van der Waals surface area contributed by atoms with Gasteiger partial charge < -0.3 is 19.7 Å². The average Bonchev–Trinajstić information content (AvgIpc) is 3.04. The lowest BCUT2D eigenvalue weighted by molar-refractivity contribution is -0.138. The van der Waals surface area contributed by atoms with E-state index in [2.05, 4.69) is 4.74 Å². The van der Waals surface area contributed by atoms with Crippen LogP contribution < -0.4 is 14.4 Å². The van der Waals surface area contributed by atoms with Crippen molar-refractivity contribution in [1.29, 1.82) is 0 Å². The number of aliphatic carboxylic acids is 1. The Hall–Kier alpha value is -3.72. The zero-order valence-corrected chi connectivity index (χ0v) is 17.8. The molecule has 0 radical (unpaired) electrons. The first-order valence-corrected chi connectivity index (χ1v) is 10.2. The van der Waals surface area contributed by atoms with Crippen molar-refractivity contribution in [1.82, 2.24) is 0 Å². The summed E-state index contributed by atoms with van der Waals surface area (Å²) >= 11 is 0. The Kier molecular flexibility index (Phi) is 5.90. The number of alkyl halides is 2. The van der Waals surface area contributed by atoms with Gasteiger partial charge in [0, 0.05) is 11.1 Å². The number of carboxylic acid groups (broad SMARTS) is 1. The van der Waals surface area contributed by atoms with Crippen molar-refractivity contribution in [3.05, 3.63) is 65.2 Å². The minimum atomic E-state index is -3.16. The standard InChI is InChI=1S/C24H21F2NO6/c1-3-15(23(30)31)12-7-9-14(10-8-12)27-21(28)19-17(33-24(25)26)11-13-5-4-6-16(32-2)18(13)20(19)22(27)29/h4-11,15,21,24,28H,3H2,1-2H3,(H,30,31). The second-order valence-corrected chi connectivity index (χ2v) is 7.54. The number of rotatable bonds is 7. The van der Waals surface area contributed by atoms with Gasteiger partial charge in [-0.2, -0.15) is 8.78 Å². The third kappa shape index (κ3) is 3.74. The van der Waals surface area contributed by atoms with Crippen molar-refractivity contribution < 1.29 is 38.1 Å². The molecule has 9 heteroatoms. The van der Waals surface area contributed by atoms with Crippen molar-refractivity contribution in [3.63, 3.8) is 0 Å². The van der Waals surface area contributed by atoms with Crippen LogP contribution in [0.25, 0.3) is 10.8 Å². The molecule has 172 valence electrons. The summed E-state index contributed by atoms with van der Waals surface area (Å²) in [6.07, 6.45) is -1.21. The van der Waals surface area contributed by atoms with E-state index in [0.717, 1.165) is 4.90 Å². The summed E-state index contributed by atoms with van der Waals surface area (Å²) in [5, 5.41) is 21.2. The van der Waals surface area contributed by atoms with Crippen molar-refractivity contribution in [2.45, 2.75) is 32.1 Å². The minimum Gasteiger partial charge on any atom is -0.496 e. The number of halogens is 2. The van der Waals surface area contributed by atoms with E-state index in [-0.39, 0.29) is 22.6 Å². The van der Waals surface area contributed by atoms with Crippen molar-refractivity contribution in [2.75, 3.05) is 12.0 Å². The van der Waals surface area contributed by atoms with Gasteiger partial charge in [-0.05, 0) is 41.6 Å². The third-order valence-electron chi connectivity index (χ3n) is 5.78. The van der Waals surface area contributed by atoms with Gasteiger partial charge in [0.1, 0.15) is 11.5 Å². The zero-order valence-electron chi connectivity index (χ0n) is 17.8. The van der Waals surface area contributed by atoms with Gasteiger partial charge in [0.05, 0.1) is 24.2 Å². The van der Waals surface area contributed by atoms with Gasteiger partial charge in [0.15, 0.2) is 6.23 Å². The number of ether oxygens (including phenoxy) is 2. The molecule has 0 spiro atoms. The molecule has 4 rings (SSSR count). The lowest BCUT2D eigenvalue weighted by Gasteiger charge is -2.22. The van der Waals surface area contributed by atoms with Gasteiger partial charge in [-0.15, -0.1) is 0 Å². The molecule has 1 amide bonds. The minimum absolute atomic E-state index is 0.00847. The van der Waals surface area contributed by atoms with Crippen LogP contribution >= 0.6 is 0 Å². The maximum atomic E-state index is 13.5. The molecule has 7 nitrogen and oxygen atoms in total. The molecule has 1 aliphatic rings. The van der Waals surface area contributed by atoms with Crippen molar-refractivity contribution in [3.8, 4) is 11.5 Å². The van der Waals surface area contributed by atoms with Crippen molar-refractivity contribution in [2.24, 2.45) is 0 Å². The van der Waals surface area contributed by atoms with E-state index in [1.165, 1.54) is 25.3 Å². The van der Waals surface area contributed by atoms with Crippen molar-refractivity contribution >= 4 is 28.3 Å². The molecule has 2 unspecified atom stereocenters. The van der Waals surface area contributed by atoms with Gasteiger partial charge >= 0.3 is 12.6 Å². The first-order chi connectivity index (χ1) is 15.8. The van der Waals surface area contributed by atoms with Crippen LogP contribution in [0.15, 0.2) is 48.5 Å². The van der Waals surface area contributed by atoms with E-state index in [9.17, 15) is 28.6 Å². The molecule has 0 fully saturated rings. The highest BCUT2D eigenvalue weighted by Gasteiger charge is 2.42. The fraction of sp³-hybridized carbons (Fsp3) is 0.250. The van der Waals surface area contributed by atoms with Gasteiger partial charge in [-0.3, -0.25) is 14.5 Å². The highest BCUT2D eigenvalue weighted by atomic mass is 19.3. The molecule has 0 aliphatic carbocycles. The number of hydrogen-bond donors (Lipinski definition) is 2. The molecule has 33 heavy (non-hydrogen) atoms. The SMILES string of the molecule is CCC(C(=O)O)c1ccc(N2C(=O)c3c(c(OC(F)F)cc4cccc(OC)c34)C2O)cc1. The Morgan fingerprint density at radius 2 is 1.85 bits per heavy atom. The van der Waals surface area contributed by atoms with Gasteiger partial charge in [0.25, 0.3) is 5.91 Å². The Bertz CT molecular complexity index is 1230. The quantitative estimate of drug-likeness (QED) is 0.535. The smallest absolute Gasteiger partial charge is 0.387 e. The highest BCUT2D eigenvalue weighted by Crippen LogP contribution is 2.47. The first kappa shape index (κ1) is 22.5. The lowest BCUT2D eigenvalue weighted by Crippen LogP contribution is -2.27. The Balaban J connectivity index is 1.86. The molecule has 2 N–H and O–H groups in total. The number of amides is 1. The van der Waals surface area contributed by atoms with Crippen LogP contribution in [0.4, 0.5) is 14.5 Å². The van der Waals surface area contributed by atoms with Crippen LogP contribution in [-0.2, 0) is 4.79 Å². The predicted octanol–water partition coefficient (Wildman–Crippen LogP) is 4.68. The van der Waals surface area contributed by atoms with Crippen LogP contribution in [0.2, 0.25) is 0 Å². The topological polar surface area (TPSA) is 96.3 Å². The number of aliphatic hydroxyl groups is 1. The second kappa shape index (κ2) is 8.67. The number of carboxylic acids is 1.